The number of aliphatic hydroxyl groups excluding tert-OH is 1. The fourth-order valence-corrected chi connectivity index (χ4v) is 3.17. The average molecular weight is 450 g/mol. The summed E-state index contributed by atoms with van der Waals surface area (Å²) in [5.74, 6) is -0.872. The summed E-state index contributed by atoms with van der Waals surface area (Å²) >= 11 is 0. The molecule has 0 fully saturated rings. The number of rotatable bonds is 10. The molecule has 1 aromatic rings. The topological polar surface area (TPSA) is 108 Å². The van der Waals surface area contributed by atoms with E-state index in [1.54, 1.807) is 34.6 Å². The van der Waals surface area contributed by atoms with Crippen LogP contribution in [0.5, 0.6) is 0 Å². The van der Waals surface area contributed by atoms with Gasteiger partial charge in [0.05, 0.1) is 6.61 Å². The van der Waals surface area contributed by atoms with Crippen LogP contribution in [0.1, 0.15) is 71.6 Å². The van der Waals surface area contributed by atoms with E-state index in [4.69, 9.17) is 4.74 Å². The summed E-state index contributed by atoms with van der Waals surface area (Å²) in [5, 5.41) is 15.2. The maximum Gasteiger partial charge on any atom is 0.408 e. The summed E-state index contributed by atoms with van der Waals surface area (Å²) in [6, 6.07) is 4.87. The first kappa shape index (κ1) is 27.4. The standard InChI is InChI=1S/C24H39N3O5/c1-8-9-14-25-21(29)20(18-12-10-17(4)11-13-18)27(16(2)3)22(30)19(15-28)26-23(31)32-24(5,6)7/h10-13,16,19-20,28H,8-9,14-15H2,1-7H3,(H,25,29)(H,26,31). The Bertz CT molecular complexity index is 756. The van der Waals surface area contributed by atoms with Gasteiger partial charge in [-0.3, -0.25) is 9.59 Å². The number of aryl methyl sites for hydroxylation is 1. The van der Waals surface area contributed by atoms with E-state index >= 15 is 0 Å². The molecule has 2 unspecified atom stereocenters. The van der Waals surface area contributed by atoms with Crippen molar-refractivity contribution in [3.05, 3.63) is 35.4 Å². The molecule has 8 heteroatoms. The molecule has 0 aliphatic carbocycles. The number of ether oxygens (including phenoxy) is 1. The Labute approximate surface area is 191 Å². The third kappa shape index (κ3) is 8.49. The van der Waals surface area contributed by atoms with E-state index in [1.165, 1.54) is 4.90 Å². The first-order valence-corrected chi connectivity index (χ1v) is 11.2. The first-order valence-electron chi connectivity index (χ1n) is 11.2. The van der Waals surface area contributed by atoms with Gasteiger partial charge >= 0.3 is 6.09 Å². The number of unbranched alkanes of at least 4 members (excludes halogenated alkanes) is 1. The number of carbonyl (C=O) groups excluding carboxylic acids is 3. The number of alkyl carbamates (subject to hydrolysis) is 1. The van der Waals surface area contributed by atoms with Crippen LogP contribution in [0.15, 0.2) is 24.3 Å². The molecule has 0 radical (unpaired) electrons. The molecule has 0 aliphatic rings. The van der Waals surface area contributed by atoms with Gasteiger partial charge in [-0.15, -0.1) is 0 Å². The van der Waals surface area contributed by atoms with Crippen LogP contribution < -0.4 is 10.6 Å². The molecule has 8 nitrogen and oxygen atoms in total. The highest BCUT2D eigenvalue weighted by Crippen LogP contribution is 2.25. The second-order valence-electron chi connectivity index (χ2n) is 9.18. The van der Waals surface area contributed by atoms with Crippen LogP contribution in [0.2, 0.25) is 0 Å². The first-order chi connectivity index (χ1) is 14.9. The van der Waals surface area contributed by atoms with Crippen LogP contribution in [0.3, 0.4) is 0 Å². The number of hydrogen-bond acceptors (Lipinski definition) is 5. The van der Waals surface area contributed by atoms with Crippen LogP contribution >= 0.6 is 0 Å². The van der Waals surface area contributed by atoms with Crippen molar-refractivity contribution < 1.29 is 24.2 Å². The van der Waals surface area contributed by atoms with Crippen molar-refractivity contribution in [2.75, 3.05) is 13.2 Å². The van der Waals surface area contributed by atoms with E-state index < -0.39 is 36.3 Å². The lowest BCUT2D eigenvalue weighted by atomic mass is 10.00. The molecule has 0 saturated carbocycles. The van der Waals surface area contributed by atoms with Crippen molar-refractivity contribution in [1.29, 1.82) is 0 Å². The fourth-order valence-electron chi connectivity index (χ4n) is 3.17. The number of carbonyl (C=O) groups is 3. The second kappa shape index (κ2) is 12.4. The summed E-state index contributed by atoms with van der Waals surface area (Å²) in [5.41, 5.74) is 0.927. The zero-order chi connectivity index (χ0) is 24.5. The highest BCUT2D eigenvalue weighted by Gasteiger charge is 2.37. The maximum atomic E-state index is 13.4. The van der Waals surface area contributed by atoms with E-state index in [2.05, 4.69) is 10.6 Å². The lowest BCUT2D eigenvalue weighted by molar-refractivity contribution is -0.145. The van der Waals surface area contributed by atoms with Gasteiger partial charge in [0.25, 0.3) is 0 Å². The largest absolute Gasteiger partial charge is 0.444 e. The molecule has 0 spiro atoms. The van der Waals surface area contributed by atoms with Crippen molar-refractivity contribution in [2.45, 2.75) is 85.0 Å². The van der Waals surface area contributed by atoms with E-state index in [0.29, 0.717) is 12.1 Å². The maximum absolute atomic E-state index is 13.4. The highest BCUT2D eigenvalue weighted by molar-refractivity contribution is 5.92. The molecule has 2 atom stereocenters. The average Bonchev–Trinajstić information content (AvgIpc) is 2.69. The van der Waals surface area contributed by atoms with Gasteiger partial charge in [-0.1, -0.05) is 43.2 Å². The fraction of sp³-hybridized carbons (Fsp3) is 0.625. The number of amides is 3. The molecular weight excluding hydrogens is 410 g/mol. The summed E-state index contributed by atoms with van der Waals surface area (Å²) in [4.78, 5) is 40.3. The smallest absolute Gasteiger partial charge is 0.408 e. The number of hydrogen-bond donors (Lipinski definition) is 3. The minimum absolute atomic E-state index is 0.307. The molecule has 0 aromatic heterocycles. The lowest BCUT2D eigenvalue weighted by Crippen LogP contribution is -2.56. The summed E-state index contributed by atoms with van der Waals surface area (Å²) in [7, 11) is 0. The Balaban J connectivity index is 3.27. The number of aliphatic hydroxyl groups is 1. The van der Waals surface area contributed by atoms with E-state index in [-0.39, 0.29) is 11.9 Å². The molecule has 3 amide bonds. The third-order valence-corrected chi connectivity index (χ3v) is 4.73. The summed E-state index contributed by atoms with van der Waals surface area (Å²) in [6.07, 6.45) is 0.934. The number of nitrogens with one attached hydrogen (secondary N) is 2. The molecule has 180 valence electrons. The summed E-state index contributed by atoms with van der Waals surface area (Å²) < 4.78 is 5.22. The predicted molar refractivity (Wildman–Crippen MR) is 124 cm³/mol. The van der Waals surface area contributed by atoms with Crippen molar-refractivity contribution in [2.24, 2.45) is 0 Å². The van der Waals surface area contributed by atoms with Crippen molar-refractivity contribution in [1.82, 2.24) is 15.5 Å². The van der Waals surface area contributed by atoms with Gasteiger partial charge in [0.15, 0.2) is 0 Å². The second-order valence-corrected chi connectivity index (χ2v) is 9.18. The van der Waals surface area contributed by atoms with Crippen LogP contribution in [0.25, 0.3) is 0 Å². The van der Waals surface area contributed by atoms with Crippen LogP contribution in [-0.2, 0) is 14.3 Å². The van der Waals surface area contributed by atoms with Gasteiger partial charge in [-0.2, -0.15) is 0 Å². The molecule has 1 aromatic carbocycles. The predicted octanol–water partition coefficient (Wildman–Crippen LogP) is 3.08. The molecule has 0 saturated heterocycles. The Morgan fingerprint density at radius 3 is 2.19 bits per heavy atom. The Hall–Kier alpha value is -2.61. The lowest BCUT2D eigenvalue weighted by Gasteiger charge is -2.37. The Morgan fingerprint density at radius 1 is 1.12 bits per heavy atom. The van der Waals surface area contributed by atoms with E-state index in [0.717, 1.165) is 18.4 Å². The third-order valence-electron chi connectivity index (χ3n) is 4.73. The van der Waals surface area contributed by atoms with Crippen molar-refractivity contribution in [3.63, 3.8) is 0 Å². The molecule has 1 rings (SSSR count). The molecular formula is C24H39N3O5. The number of nitrogens with zero attached hydrogens (tertiary/aromatic N) is 1. The van der Waals surface area contributed by atoms with Crippen molar-refractivity contribution in [3.8, 4) is 0 Å². The molecule has 0 heterocycles. The molecule has 0 bridgehead atoms. The van der Waals surface area contributed by atoms with Crippen LogP contribution in [-0.4, -0.2) is 58.8 Å². The van der Waals surface area contributed by atoms with Gasteiger partial charge in [-0.05, 0) is 53.5 Å². The zero-order valence-corrected chi connectivity index (χ0v) is 20.4. The van der Waals surface area contributed by atoms with Gasteiger partial charge < -0.3 is 25.4 Å². The molecule has 32 heavy (non-hydrogen) atoms. The highest BCUT2D eigenvalue weighted by atomic mass is 16.6. The van der Waals surface area contributed by atoms with Gasteiger partial charge in [0.1, 0.15) is 17.7 Å². The van der Waals surface area contributed by atoms with Crippen molar-refractivity contribution >= 4 is 17.9 Å². The van der Waals surface area contributed by atoms with Gasteiger partial charge in [0.2, 0.25) is 11.8 Å². The molecule has 3 N–H and O–H groups in total. The van der Waals surface area contributed by atoms with E-state index in [1.807, 2.05) is 38.1 Å². The number of benzene rings is 1. The quantitative estimate of drug-likeness (QED) is 0.476. The monoisotopic (exact) mass is 449 g/mol. The normalized spacial score (nSPS) is 13.3. The Kier molecular flexibility index (Phi) is 10.7. The minimum atomic E-state index is -1.25. The summed E-state index contributed by atoms with van der Waals surface area (Å²) in [6.45, 7) is 12.5. The van der Waals surface area contributed by atoms with E-state index in [9.17, 15) is 19.5 Å². The zero-order valence-electron chi connectivity index (χ0n) is 20.4. The van der Waals surface area contributed by atoms with Gasteiger partial charge in [-0.25, -0.2) is 4.79 Å². The Morgan fingerprint density at radius 2 is 1.72 bits per heavy atom. The SMILES string of the molecule is CCCCNC(=O)C(c1ccc(C)cc1)N(C(=O)C(CO)NC(=O)OC(C)(C)C)C(C)C. The van der Waals surface area contributed by atoms with Gasteiger partial charge in [0, 0.05) is 12.6 Å². The molecule has 0 aliphatic heterocycles. The minimum Gasteiger partial charge on any atom is -0.444 e. The van der Waals surface area contributed by atoms with Crippen LogP contribution in [0, 0.1) is 6.92 Å². The van der Waals surface area contributed by atoms with Crippen LogP contribution in [0.4, 0.5) is 4.79 Å².